The first kappa shape index (κ1) is 28.2. The fraction of sp³-hybridized carbons (Fsp3) is 0.200. The highest BCUT2D eigenvalue weighted by molar-refractivity contribution is 7.89. The molecule has 1 saturated heterocycles. The van der Waals surface area contributed by atoms with Gasteiger partial charge < -0.3 is 9.47 Å². The summed E-state index contributed by atoms with van der Waals surface area (Å²) in [6.07, 6.45) is -2.53. The third-order valence-corrected chi connectivity index (χ3v) is 10.3. The maximum atomic E-state index is 13.9. The fourth-order valence-corrected chi connectivity index (χ4v) is 7.61. The van der Waals surface area contributed by atoms with E-state index in [0.29, 0.717) is 0 Å². The summed E-state index contributed by atoms with van der Waals surface area (Å²) in [5, 5.41) is 0. The summed E-state index contributed by atoms with van der Waals surface area (Å²) < 4.78 is 70.5. The minimum atomic E-state index is -4.06. The van der Waals surface area contributed by atoms with Crippen LogP contribution in [-0.4, -0.2) is 51.0 Å². The number of hydrogen-bond acceptors (Lipinski definition) is 6. The van der Waals surface area contributed by atoms with Crippen LogP contribution in [0.1, 0.15) is 11.1 Å². The molecule has 0 bridgehead atoms. The quantitative estimate of drug-likeness (QED) is 0.276. The molecule has 1 heterocycles. The highest BCUT2D eigenvalue weighted by Crippen LogP contribution is 2.31. The topological polar surface area (TPSA) is 93.2 Å². The van der Waals surface area contributed by atoms with Crippen LogP contribution in [0.3, 0.4) is 0 Å². The van der Waals surface area contributed by atoms with Crippen LogP contribution in [0.25, 0.3) is 0 Å². The van der Waals surface area contributed by atoms with E-state index in [1.807, 2.05) is 60.7 Å². The number of piperazine rings is 1. The monoisotopic (exact) mass is 578 g/mol. The van der Waals surface area contributed by atoms with Crippen LogP contribution in [0.2, 0.25) is 0 Å². The minimum Gasteiger partial charge on any atom is -0.353 e. The summed E-state index contributed by atoms with van der Waals surface area (Å²) in [5.74, 6) is 0. The van der Waals surface area contributed by atoms with E-state index in [4.69, 9.17) is 9.47 Å². The van der Waals surface area contributed by atoms with E-state index in [2.05, 4.69) is 0 Å². The number of ether oxygens (including phenoxy) is 2. The lowest BCUT2D eigenvalue weighted by Crippen LogP contribution is -2.63. The highest BCUT2D eigenvalue weighted by atomic mass is 32.2. The van der Waals surface area contributed by atoms with Gasteiger partial charge >= 0.3 is 0 Å². The van der Waals surface area contributed by atoms with E-state index in [-0.39, 0.29) is 36.1 Å². The highest BCUT2D eigenvalue weighted by Gasteiger charge is 2.48. The van der Waals surface area contributed by atoms with Gasteiger partial charge in [0, 0.05) is 13.1 Å². The summed E-state index contributed by atoms with van der Waals surface area (Å²) in [7, 11) is -8.12. The molecule has 2 unspecified atom stereocenters. The summed E-state index contributed by atoms with van der Waals surface area (Å²) >= 11 is 0. The van der Waals surface area contributed by atoms with E-state index < -0.39 is 32.5 Å². The number of benzene rings is 4. The smallest absolute Gasteiger partial charge is 0.245 e. The summed E-state index contributed by atoms with van der Waals surface area (Å²) in [5.41, 5.74) is 1.62. The van der Waals surface area contributed by atoms with Crippen molar-refractivity contribution in [3.63, 3.8) is 0 Å². The number of rotatable bonds is 10. The molecule has 1 fully saturated rings. The molecule has 0 radical (unpaired) electrons. The number of nitrogens with zero attached hydrogens (tertiary/aromatic N) is 2. The van der Waals surface area contributed by atoms with Gasteiger partial charge in [-0.15, -0.1) is 0 Å². The second kappa shape index (κ2) is 12.4. The summed E-state index contributed by atoms with van der Waals surface area (Å²) in [4.78, 5) is 0.175. The molecule has 1 aliphatic rings. The van der Waals surface area contributed by atoms with Crippen molar-refractivity contribution >= 4 is 20.0 Å². The summed E-state index contributed by atoms with van der Waals surface area (Å²) in [6, 6.07) is 34.7. The van der Waals surface area contributed by atoms with E-state index in [9.17, 15) is 16.8 Å². The third kappa shape index (κ3) is 6.17. The van der Waals surface area contributed by atoms with Crippen LogP contribution in [0.5, 0.6) is 0 Å². The lowest BCUT2D eigenvalue weighted by molar-refractivity contribution is -0.186. The Morgan fingerprint density at radius 3 is 1.12 bits per heavy atom. The molecule has 0 spiro atoms. The Bertz CT molecular complexity index is 1460. The Kier molecular flexibility index (Phi) is 8.75. The predicted molar refractivity (Wildman–Crippen MR) is 151 cm³/mol. The van der Waals surface area contributed by atoms with Gasteiger partial charge in [0.25, 0.3) is 0 Å². The Hall–Kier alpha value is -3.38. The molecule has 0 aromatic heterocycles. The molecule has 4 aromatic rings. The molecule has 4 aromatic carbocycles. The molecular formula is C30H30N2O6S2. The van der Waals surface area contributed by atoms with Gasteiger partial charge in [0.15, 0.2) is 12.5 Å². The Morgan fingerprint density at radius 2 is 0.800 bits per heavy atom. The predicted octanol–water partition coefficient (Wildman–Crippen LogP) is 4.47. The third-order valence-electron chi connectivity index (χ3n) is 6.58. The van der Waals surface area contributed by atoms with Crippen LogP contribution in [-0.2, 0) is 42.7 Å². The first-order valence-electron chi connectivity index (χ1n) is 12.8. The van der Waals surface area contributed by atoms with Gasteiger partial charge in [-0.05, 0) is 35.4 Å². The zero-order chi connectivity index (χ0) is 28.0. The van der Waals surface area contributed by atoms with E-state index in [0.717, 1.165) is 11.1 Å². The van der Waals surface area contributed by atoms with Crippen LogP contribution in [0, 0.1) is 0 Å². The molecular weight excluding hydrogens is 548 g/mol. The van der Waals surface area contributed by atoms with Gasteiger partial charge in [-0.1, -0.05) is 97.1 Å². The SMILES string of the molecule is O=S(=O)(c1ccccc1)N1CCN(S(=O)(=O)c2ccccc2)C(OCc2ccccc2)C1OCc1ccccc1. The van der Waals surface area contributed by atoms with Crippen molar-refractivity contribution in [2.75, 3.05) is 13.1 Å². The van der Waals surface area contributed by atoms with Crippen LogP contribution in [0.4, 0.5) is 0 Å². The molecule has 0 N–H and O–H groups in total. The van der Waals surface area contributed by atoms with Gasteiger partial charge in [-0.3, -0.25) is 0 Å². The van der Waals surface area contributed by atoms with Gasteiger partial charge in [-0.25, -0.2) is 16.8 Å². The molecule has 0 aliphatic carbocycles. The number of hydrogen-bond donors (Lipinski definition) is 0. The lowest BCUT2D eigenvalue weighted by Gasteiger charge is -2.45. The lowest BCUT2D eigenvalue weighted by atomic mass is 10.2. The molecule has 40 heavy (non-hydrogen) atoms. The molecule has 208 valence electrons. The van der Waals surface area contributed by atoms with Gasteiger partial charge in [-0.2, -0.15) is 8.61 Å². The van der Waals surface area contributed by atoms with Crippen molar-refractivity contribution in [1.29, 1.82) is 0 Å². The van der Waals surface area contributed by atoms with Crippen molar-refractivity contribution < 1.29 is 26.3 Å². The average molecular weight is 579 g/mol. The molecule has 2 atom stereocenters. The van der Waals surface area contributed by atoms with Crippen molar-refractivity contribution in [2.45, 2.75) is 35.5 Å². The zero-order valence-electron chi connectivity index (χ0n) is 21.7. The minimum absolute atomic E-state index is 0.0523. The van der Waals surface area contributed by atoms with E-state index in [1.54, 1.807) is 36.4 Å². The second-order valence-electron chi connectivity index (χ2n) is 9.23. The Morgan fingerprint density at radius 1 is 0.500 bits per heavy atom. The van der Waals surface area contributed by atoms with Gasteiger partial charge in [0.1, 0.15) is 0 Å². The largest absolute Gasteiger partial charge is 0.353 e. The van der Waals surface area contributed by atoms with E-state index >= 15 is 0 Å². The van der Waals surface area contributed by atoms with Crippen LogP contribution in [0.15, 0.2) is 131 Å². The first-order chi connectivity index (χ1) is 19.4. The fourth-order valence-electron chi connectivity index (χ4n) is 4.55. The first-order valence-corrected chi connectivity index (χ1v) is 15.7. The second-order valence-corrected chi connectivity index (χ2v) is 13.0. The molecule has 0 amide bonds. The molecule has 0 saturated carbocycles. The van der Waals surface area contributed by atoms with E-state index in [1.165, 1.54) is 32.9 Å². The Labute approximate surface area is 235 Å². The van der Waals surface area contributed by atoms with Crippen molar-refractivity contribution in [1.82, 2.24) is 8.61 Å². The zero-order valence-corrected chi connectivity index (χ0v) is 23.3. The van der Waals surface area contributed by atoms with Crippen LogP contribution < -0.4 is 0 Å². The van der Waals surface area contributed by atoms with Gasteiger partial charge in [0.05, 0.1) is 23.0 Å². The maximum Gasteiger partial charge on any atom is 0.245 e. The molecule has 10 heteroatoms. The molecule has 5 rings (SSSR count). The summed E-state index contributed by atoms with van der Waals surface area (Å²) in [6.45, 7) is -0.130. The van der Waals surface area contributed by atoms with Crippen molar-refractivity contribution in [3.05, 3.63) is 132 Å². The van der Waals surface area contributed by atoms with Crippen molar-refractivity contribution in [2.24, 2.45) is 0 Å². The number of sulfonamides is 2. The normalized spacial score (nSPS) is 18.9. The van der Waals surface area contributed by atoms with Crippen molar-refractivity contribution in [3.8, 4) is 0 Å². The standard InChI is InChI=1S/C30H30N2O6S2/c33-39(34,27-17-9-3-10-18-27)31-21-22-32(40(35,36)28-19-11-4-12-20-28)30(38-24-26-15-7-2-8-16-26)29(31)37-23-25-13-5-1-6-14-25/h1-20,29-30H,21-24H2. The van der Waals surface area contributed by atoms with Crippen LogP contribution >= 0.6 is 0 Å². The maximum absolute atomic E-state index is 13.9. The molecule has 1 aliphatic heterocycles. The Balaban J connectivity index is 1.56. The average Bonchev–Trinajstić information content (AvgIpc) is 3.00. The van der Waals surface area contributed by atoms with Gasteiger partial charge in [0.2, 0.25) is 20.0 Å². The molecule has 8 nitrogen and oxygen atoms in total.